The largest absolute Gasteiger partial charge is 0.378 e. The van der Waals surface area contributed by atoms with Gasteiger partial charge in [0.15, 0.2) is 5.13 Å². The number of aryl methyl sites for hydroxylation is 2. The molecule has 1 saturated heterocycles. The highest BCUT2D eigenvalue weighted by molar-refractivity contribution is 7.23. The fourth-order valence-electron chi connectivity index (χ4n) is 3.58. The molecule has 7 nitrogen and oxygen atoms in total. The third-order valence-electron chi connectivity index (χ3n) is 5.06. The van der Waals surface area contributed by atoms with Gasteiger partial charge in [0.25, 0.3) is 5.91 Å². The van der Waals surface area contributed by atoms with Gasteiger partial charge in [0.1, 0.15) is 17.0 Å². The molecule has 4 heterocycles. The minimum atomic E-state index is -0.157. The lowest BCUT2D eigenvalue weighted by Gasteiger charge is -2.28. The maximum Gasteiger partial charge on any atom is 0.267 e. The van der Waals surface area contributed by atoms with E-state index in [2.05, 4.69) is 25.2 Å². The summed E-state index contributed by atoms with van der Waals surface area (Å²) in [6.45, 7) is 6.92. The number of hydrogen-bond donors (Lipinski definition) is 1. The van der Waals surface area contributed by atoms with Gasteiger partial charge in [-0.05, 0) is 31.0 Å². The number of para-hydroxylation sites is 1. The van der Waals surface area contributed by atoms with Gasteiger partial charge in [-0.2, -0.15) is 0 Å². The molecule has 9 heteroatoms. The molecular formula is C20H19N5O2S2. The number of benzene rings is 1. The van der Waals surface area contributed by atoms with E-state index in [9.17, 15) is 4.79 Å². The van der Waals surface area contributed by atoms with Gasteiger partial charge in [-0.25, -0.2) is 15.0 Å². The lowest BCUT2D eigenvalue weighted by atomic mass is 10.2. The molecule has 0 aliphatic carbocycles. The van der Waals surface area contributed by atoms with Crippen LogP contribution >= 0.6 is 22.7 Å². The molecule has 5 rings (SSSR count). The molecule has 29 heavy (non-hydrogen) atoms. The fourth-order valence-corrected chi connectivity index (χ4v) is 5.56. The van der Waals surface area contributed by atoms with E-state index in [1.807, 2.05) is 32.0 Å². The molecule has 0 unspecified atom stereocenters. The molecule has 0 saturated carbocycles. The van der Waals surface area contributed by atoms with Crippen molar-refractivity contribution in [2.24, 2.45) is 0 Å². The normalized spacial score (nSPS) is 14.6. The molecule has 0 bridgehead atoms. The first-order valence-corrected chi connectivity index (χ1v) is 11.0. The average Bonchev–Trinajstić information content (AvgIpc) is 3.30. The lowest BCUT2D eigenvalue weighted by molar-refractivity contribution is 0.103. The van der Waals surface area contributed by atoms with Crippen LogP contribution in [0.5, 0.6) is 0 Å². The number of carbonyl (C=O) groups excluding carboxylic acids is 1. The highest BCUT2D eigenvalue weighted by Gasteiger charge is 2.23. The minimum Gasteiger partial charge on any atom is -0.378 e. The number of nitrogens with zero attached hydrogens (tertiary/aromatic N) is 4. The van der Waals surface area contributed by atoms with Crippen molar-refractivity contribution in [1.82, 2.24) is 15.0 Å². The Morgan fingerprint density at radius 1 is 1.17 bits per heavy atom. The molecule has 0 spiro atoms. The van der Waals surface area contributed by atoms with E-state index in [0.717, 1.165) is 50.5 Å². The Labute approximate surface area is 175 Å². The van der Waals surface area contributed by atoms with Crippen molar-refractivity contribution in [3.63, 3.8) is 0 Å². The number of ether oxygens (including phenoxy) is 1. The van der Waals surface area contributed by atoms with E-state index in [-0.39, 0.29) is 5.91 Å². The summed E-state index contributed by atoms with van der Waals surface area (Å²) >= 11 is 2.88. The summed E-state index contributed by atoms with van der Waals surface area (Å²) < 4.78 is 6.52. The monoisotopic (exact) mass is 425 g/mol. The Balaban J connectivity index is 1.50. The number of fused-ring (bicyclic) bond motifs is 2. The van der Waals surface area contributed by atoms with Gasteiger partial charge in [0, 0.05) is 13.1 Å². The van der Waals surface area contributed by atoms with Crippen molar-refractivity contribution >= 4 is 60.0 Å². The second kappa shape index (κ2) is 7.33. The Bertz CT molecular complexity index is 1230. The van der Waals surface area contributed by atoms with Gasteiger partial charge in [-0.3, -0.25) is 10.1 Å². The maximum absolute atomic E-state index is 13.0. The second-order valence-corrected chi connectivity index (χ2v) is 8.96. The highest BCUT2D eigenvalue weighted by Crippen LogP contribution is 2.36. The number of morpholine rings is 1. The van der Waals surface area contributed by atoms with E-state index in [1.54, 1.807) is 6.33 Å². The van der Waals surface area contributed by atoms with Gasteiger partial charge in [-0.15, -0.1) is 11.3 Å². The number of rotatable bonds is 3. The summed E-state index contributed by atoms with van der Waals surface area (Å²) in [5.41, 5.74) is 2.94. The number of amides is 1. The first-order valence-electron chi connectivity index (χ1n) is 9.36. The van der Waals surface area contributed by atoms with Crippen LogP contribution < -0.4 is 10.2 Å². The quantitative estimate of drug-likeness (QED) is 0.534. The minimum absolute atomic E-state index is 0.157. The summed E-state index contributed by atoms with van der Waals surface area (Å²) in [5.74, 6) is 0.719. The Morgan fingerprint density at radius 3 is 2.79 bits per heavy atom. The summed E-state index contributed by atoms with van der Waals surface area (Å²) in [7, 11) is 0. The summed E-state index contributed by atoms with van der Waals surface area (Å²) in [6, 6.07) is 6.05. The number of thiophene rings is 1. The van der Waals surface area contributed by atoms with Crippen LogP contribution in [0.1, 0.15) is 20.8 Å². The molecule has 1 aliphatic heterocycles. The molecule has 3 aromatic heterocycles. The number of carbonyl (C=O) groups is 1. The second-order valence-electron chi connectivity index (χ2n) is 6.93. The van der Waals surface area contributed by atoms with Crippen LogP contribution in [-0.4, -0.2) is 47.2 Å². The van der Waals surface area contributed by atoms with Crippen LogP contribution in [0.2, 0.25) is 0 Å². The number of hydrogen-bond acceptors (Lipinski definition) is 8. The van der Waals surface area contributed by atoms with Gasteiger partial charge in [-0.1, -0.05) is 23.5 Å². The van der Waals surface area contributed by atoms with Crippen LogP contribution in [0, 0.1) is 13.8 Å². The Hall–Kier alpha value is -2.62. The zero-order chi connectivity index (χ0) is 20.0. The highest BCUT2D eigenvalue weighted by atomic mass is 32.1. The lowest BCUT2D eigenvalue weighted by Crippen LogP contribution is -2.36. The van der Waals surface area contributed by atoms with E-state index in [0.29, 0.717) is 23.2 Å². The van der Waals surface area contributed by atoms with Gasteiger partial charge in [0.05, 0.1) is 33.7 Å². The fraction of sp³-hybridized carbons (Fsp3) is 0.300. The van der Waals surface area contributed by atoms with E-state index < -0.39 is 0 Å². The van der Waals surface area contributed by atoms with Crippen molar-refractivity contribution in [1.29, 1.82) is 0 Å². The molecule has 1 aliphatic rings. The van der Waals surface area contributed by atoms with Crippen molar-refractivity contribution in [3.05, 3.63) is 40.5 Å². The van der Waals surface area contributed by atoms with Crippen molar-refractivity contribution in [2.45, 2.75) is 13.8 Å². The van der Waals surface area contributed by atoms with Crippen LogP contribution in [0.25, 0.3) is 20.4 Å². The molecule has 0 atom stereocenters. The zero-order valence-electron chi connectivity index (χ0n) is 16.1. The molecule has 1 amide bonds. The van der Waals surface area contributed by atoms with Gasteiger partial charge >= 0.3 is 0 Å². The molecule has 1 aromatic carbocycles. The number of anilines is 2. The summed E-state index contributed by atoms with van der Waals surface area (Å²) in [6.07, 6.45) is 1.57. The molecule has 1 fully saturated rings. The number of thiazole rings is 1. The first-order chi connectivity index (χ1) is 14.1. The standard InChI is InChI=1S/C20H19N5O2S2/c1-11-4-3-5-13-15(11)23-20(28-13)24-18(26)16-12(2)14-17(21-10-22-19(14)29-16)25-6-8-27-9-7-25/h3-5,10H,6-9H2,1-2H3,(H,23,24,26). The first kappa shape index (κ1) is 18.4. The Kier molecular flexibility index (Phi) is 4.65. The molecular weight excluding hydrogens is 406 g/mol. The summed E-state index contributed by atoms with van der Waals surface area (Å²) in [4.78, 5) is 30.2. The topological polar surface area (TPSA) is 80.2 Å². The van der Waals surface area contributed by atoms with Crippen LogP contribution in [-0.2, 0) is 4.74 Å². The molecule has 4 aromatic rings. The zero-order valence-corrected chi connectivity index (χ0v) is 17.7. The van der Waals surface area contributed by atoms with E-state index in [4.69, 9.17) is 4.74 Å². The van der Waals surface area contributed by atoms with Crippen LogP contribution in [0.4, 0.5) is 10.9 Å². The number of aromatic nitrogens is 3. The van der Waals surface area contributed by atoms with E-state index in [1.165, 1.54) is 22.7 Å². The third kappa shape index (κ3) is 3.25. The van der Waals surface area contributed by atoms with Crippen molar-refractivity contribution in [2.75, 3.05) is 36.5 Å². The maximum atomic E-state index is 13.0. The smallest absolute Gasteiger partial charge is 0.267 e. The van der Waals surface area contributed by atoms with Crippen LogP contribution in [0.3, 0.4) is 0 Å². The van der Waals surface area contributed by atoms with Crippen molar-refractivity contribution < 1.29 is 9.53 Å². The summed E-state index contributed by atoms with van der Waals surface area (Å²) in [5, 5.41) is 4.53. The van der Waals surface area contributed by atoms with Gasteiger partial charge in [0.2, 0.25) is 0 Å². The average molecular weight is 426 g/mol. The Morgan fingerprint density at radius 2 is 2.00 bits per heavy atom. The number of nitrogens with one attached hydrogen (secondary N) is 1. The van der Waals surface area contributed by atoms with Gasteiger partial charge < -0.3 is 9.64 Å². The predicted molar refractivity (Wildman–Crippen MR) is 117 cm³/mol. The van der Waals surface area contributed by atoms with Crippen molar-refractivity contribution in [3.8, 4) is 0 Å². The SMILES string of the molecule is Cc1cccc2sc(NC(=O)c3sc4ncnc(N5CCOCC5)c4c3C)nc12. The predicted octanol–water partition coefficient (Wildman–Crippen LogP) is 4.01. The molecule has 1 N–H and O–H groups in total. The molecule has 148 valence electrons. The third-order valence-corrected chi connectivity index (χ3v) is 7.20. The van der Waals surface area contributed by atoms with E-state index >= 15 is 0 Å². The van der Waals surface area contributed by atoms with Crippen LogP contribution in [0.15, 0.2) is 24.5 Å². The molecule has 0 radical (unpaired) electrons.